The number of hydrogen-bond donors (Lipinski definition) is 1. The first-order chi connectivity index (χ1) is 17.9. The smallest absolute Gasteiger partial charge is 0.323 e. The molecule has 2 aromatic carbocycles. The van der Waals surface area contributed by atoms with Crippen molar-refractivity contribution in [2.75, 3.05) is 31.1 Å². The van der Waals surface area contributed by atoms with E-state index in [1.54, 1.807) is 6.20 Å². The molecule has 1 N–H and O–H groups in total. The van der Waals surface area contributed by atoms with E-state index in [1.807, 2.05) is 57.8 Å². The fourth-order valence-corrected chi connectivity index (χ4v) is 5.01. The van der Waals surface area contributed by atoms with Crippen LogP contribution in [0, 0.1) is 6.92 Å². The summed E-state index contributed by atoms with van der Waals surface area (Å²) >= 11 is 0. The van der Waals surface area contributed by atoms with Crippen molar-refractivity contribution in [1.82, 2.24) is 29.4 Å². The second-order valence-corrected chi connectivity index (χ2v) is 9.28. The molecule has 6 rings (SSSR count). The van der Waals surface area contributed by atoms with Gasteiger partial charge in [0.25, 0.3) is 0 Å². The second-order valence-electron chi connectivity index (χ2n) is 9.28. The molecule has 3 aromatic heterocycles. The maximum atomic E-state index is 12.4. The highest BCUT2D eigenvalue weighted by molar-refractivity contribution is 6.03. The van der Waals surface area contributed by atoms with Crippen molar-refractivity contribution in [2.45, 2.75) is 6.92 Å². The normalized spacial score (nSPS) is 14.2. The number of benzene rings is 2. The van der Waals surface area contributed by atoms with E-state index >= 15 is 0 Å². The number of aryl methyl sites for hydroxylation is 2. The van der Waals surface area contributed by atoms with Gasteiger partial charge < -0.3 is 14.9 Å². The number of rotatable bonds is 5. The Bertz CT molecular complexity index is 1670. The lowest BCUT2D eigenvalue weighted by molar-refractivity contribution is -0.144. The van der Waals surface area contributed by atoms with Crippen LogP contribution >= 0.6 is 0 Å². The topological polar surface area (TPSA) is 109 Å². The molecule has 186 valence electrons. The van der Waals surface area contributed by atoms with Crippen LogP contribution in [-0.4, -0.2) is 72.6 Å². The Morgan fingerprint density at radius 1 is 1.03 bits per heavy atom. The summed E-state index contributed by atoms with van der Waals surface area (Å²) in [6.07, 6.45) is 3.77. The zero-order valence-electron chi connectivity index (χ0n) is 20.5. The summed E-state index contributed by atoms with van der Waals surface area (Å²) in [7, 11) is 1.91. The molecule has 0 spiro atoms. The lowest BCUT2D eigenvalue weighted by atomic mass is 10.0. The number of fused-ring (bicyclic) bond motifs is 2. The van der Waals surface area contributed by atoms with Gasteiger partial charge in [-0.1, -0.05) is 30.3 Å². The van der Waals surface area contributed by atoms with E-state index < -0.39 is 5.97 Å². The number of para-hydroxylation sites is 1. The van der Waals surface area contributed by atoms with Crippen LogP contribution in [0.2, 0.25) is 0 Å². The Kier molecular flexibility index (Phi) is 5.36. The van der Waals surface area contributed by atoms with Gasteiger partial charge in [-0.3, -0.25) is 14.3 Å². The number of aromatic nitrogens is 5. The predicted octanol–water partition coefficient (Wildman–Crippen LogP) is 3.02. The highest BCUT2D eigenvalue weighted by Gasteiger charge is 2.26. The minimum absolute atomic E-state index is 0.0999. The van der Waals surface area contributed by atoms with Gasteiger partial charge in [0.1, 0.15) is 18.1 Å². The van der Waals surface area contributed by atoms with Crippen LogP contribution in [0.1, 0.15) is 5.56 Å². The summed E-state index contributed by atoms with van der Waals surface area (Å²) in [6, 6.07) is 16.1. The van der Waals surface area contributed by atoms with E-state index in [-0.39, 0.29) is 19.0 Å². The molecule has 4 heterocycles. The first-order valence-corrected chi connectivity index (χ1v) is 12.0. The minimum Gasteiger partial charge on any atom is -0.480 e. The zero-order valence-corrected chi connectivity index (χ0v) is 20.5. The van der Waals surface area contributed by atoms with Crippen molar-refractivity contribution in [1.29, 1.82) is 0 Å². The highest BCUT2D eigenvalue weighted by Crippen LogP contribution is 2.35. The van der Waals surface area contributed by atoms with E-state index in [1.165, 1.54) is 4.90 Å². The summed E-state index contributed by atoms with van der Waals surface area (Å²) in [6.45, 7) is 2.76. The Balaban J connectivity index is 1.37. The number of aliphatic carboxylic acids is 1. The van der Waals surface area contributed by atoms with Crippen molar-refractivity contribution in [3.05, 3.63) is 66.5 Å². The van der Waals surface area contributed by atoms with Crippen LogP contribution in [-0.2, 0) is 16.6 Å². The highest BCUT2D eigenvalue weighted by atomic mass is 16.4. The zero-order chi connectivity index (χ0) is 25.7. The molecule has 10 heteroatoms. The maximum Gasteiger partial charge on any atom is 0.323 e. The standard InChI is InChI=1S/C27H25N7O3/c1-17-5-3-7-20-26(19-6-4-8-22-21(19)14-31(2)29-22)30-34(27(17)20)18-9-10-23(28-13-18)32-11-12-33(16-25(36)37)24(35)15-32/h3-10,13-14H,11-12,15-16H2,1-2H3,(H,36,37). The molecule has 37 heavy (non-hydrogen) atoms. The van der Waals surface area contributed by atoms with Gasteiger partial charge in [0.2, 0.25) is 5.91 Å². The summed E-state index contributed by atoms with van der Waals surface area (Å²) in [5.41, 5.74) is 5.72. The van der Waals surface area contributed by atoms with E-state index in [9.17, 15) is 9.59 Å². The van der Waals surface area contributed by atoms with Crippen LogP contribution in [0.15, 0.2) is 60.9 Å². The Morgan fingerprint density at radius 2 is 1.86 bits per heavy atom. The molecule has 1 fully saturated rings. The first-order valence-electron chi connectivity index (χ1n) is 12.0. The van der Waals surface area contributed by atoms with Gasteiger partial charge in [0.05, 0.1) is 29.5 Å². The SMILES string of the molecule is Cc1cccc2c(-c3cccc4nn(C)cc34)nn(-c3ccc(N4CCN(CC(=O)O)C(=O)C4)nc3)c12. The quantitative estimate of drug-likeness (QED) is 0.399. The Morgan fingerprint density at radius 3 is 2.62 bits per heavy atom. The molecular formula is C27H25N7O3. The third kappa shape index (κ3) is 3.96. The number of carbonyl (C=O) groups excluding carboxylic acids is 1. The fraction of sp³-hybridized carbons (Fsp3) is 0.222. The van der Waals surface area contributed by atoms with Crippen molar-refractivity contribution in [3.63, 3.8) is 0 Å². The summed E-state index contributed by atoms with van der Waals surface area (Å²) in [4.78, 5) is 31.2. The van der Waals surface area contributed by atoms with Crippen LogP contribution in [0.5, 0.6) is 0 Å². The number of pyridine rings is 1. The number of carboxylic acids is 1. The van der Waals surface area contributed by atoms with Crippen LogP contribution < -0.4 is 4.90 Å². The number of hydrogen-bond acceptors (Lipinski definition) is 6. The van der Waals surface area contributed by atoms with E-state index in [4.69, 9.17) is 10.2 Å². The van der Waals surface area contributed by atoms with Crippen molar-refractivity contribution in [2.24, 2.45) is 7.05 Å². The molecule has 10 nitrogen and oxygen atoms in total. The summed E-state index contributed by atoms with van der Waals surface area (Å²) in [5, 5.41) is 20.7. The average Bonchev–Trinajstić information content (AvgIpc) is 3.46. The third-order valence-electron chi connectivity index (χ3n) is 6.77. The van der Waals surface area contributed by atoms with Crippen molar-refractivity contribution < 1.29 is 14.7 Å². The van der Waals surface area contributed by atoms with Gasteiger partial charge >= 0.3 is 5.97 Å². The number of piperazine rings is 1. The lowest BCUT2D eigenvalue weighted by Crippen LogP contribution is -2.52. The molecule has 0 aliphatic carbocycles. The molecule has 5 aromatic rings. The number of carbonyl (C=O) groups is 2. The first kappa shape index (κ1) is 22.7. The molecule has 1 saturated heterocycles. The Labute approximate surface area is 212 Å². The number of amides is 1. The lowest BCUT2D eigenvalue weighted by Gasteiger charge is -2.34. The average molecular weight is 496 g/mol. The number of nitrogens with zero attached hydrogens (tertiary/aromatic N) is 7. The third-order valence-corrected chi connectivity index (χ3v) is 6.77. The van der Waals surface area contributed by atoms with Gasteiger partial charge in [0.15, 0.2) is 0 Å². The van der Waals surface area contributed by atoms with E-state index in [2.05, 4.69) is 35.2 Å². The maximum absolute atomic E-state index is 12.4. The van der Waals surface area contributed by atoms with Crippen LogP contribution in [0.3, 0.4) is 0 Å². The molecule has 0 bridgehead atoms. The minimum atomic E-state index is -1.01. The largest absolute Gasteiger partial charge is 0.480 e. The molecule has 1 amide bonds. The molecule has 1 aliphatic rings. The van der Waals surface area contributed by atoms with Crippen LogP contribution in [0.25, 0.3) is 38.8 Å². The molecule has 0 unspecified atom stereocenters. The van der Waals surface area contributed by atoms with Gasteiger partial charge in [-0.2, -0.15) is 10.2 Å². The van der Waals surface area contributed by atoms with Crippen molar-refractivity contribution in [3.8, 4) is 16.9 Å². The van der Waals surface area contributed by atoms with E-state index in [0.717, 1.165) is 44.3 Å². The molecular weight excluding hydrogens is 470 g/mol. The predicted molar refractivity (Wildman–Crippen MR) is 140 cm³/mol. The Hall–Kier alpha value is -4.73. The summed E-state index contributed by atoms with van der Waals surface area (Å²) < 4.78 is 3.73. The monoisotopic (exact) mass is 495 g/mol. The fourth-order valence-electron chi connectivity index (χ4n) is 5.01. The molecule has 1 aliphatic heterocycles. The molecule has 0 saturated carbocycles. The number of carboxylic acid groups (broad SMARTS) is 1. The van der Waals surface area contributed by atoms with Gasteiger partial charge in [-0.15, -0.1) is 0 Å². The van der Waals surface area contributed by atoms with Gasteiger partial charge in [-0.25, -0.2) is 9.67 Å². The molecule has 0 radical (unpaired) electrons. The van der Waals surface area contributed by atoms with Crippen molar-refractivity contribution >= 4 is 39.5 Å². The second kappa shape index (κ2) is 8.74. The van der Waals surface area contributed by atoms with E-state index in [0.29, 0.717) is 18.9 Å². The number of anilines is 1. The summed E-state index contributed by atoms with van der Waals surface area (Å²) in [5.74, 6) is -0.562. The van der Waals surface area contributed by atoms with Gasteiger partial charge in [0, 0.05) is 42.7 Å². The van der Waals surface area contributed by atoms with Crippen LogP contribution in [0.4, 0.5) is 5.82 Å². The van der Waals surface area contributed by atoms with Gasteiger partial charge in [-0.05, 0) is 30.7 Å². The molecule has 0 atom stereocenters.